The summed E-state index contributed by atoms with van der Waals surface area (Å²) in [6, 6.07) is 7.75. The summed E-state index contributed by atoms with van der Waals surface area (Å²) in [6.07, 6.45) is 0. The lowest BCUT2D eigenvalue weighted by Crippen LogP contribution is -2.33. The van der Waals surface area contributed by atoms with Crippen LogP contribution in [0.15, 0.2) is 24.3 Å². The van der Waals surface area contributed by atoms with Crippen LogP contribution in [0, 0.1) is 6.92 Å². The molecule has 0 aliphatic rings. The molecule has 1 aromatic carbocycles. The number of nitrogens with one attached hydrogen (secondary N) is 1. The highest BCUT2D eigenvalue weighted by Crippen LogP contribution is 2.09. The molecule has 0 saturated carbocycles. The predicted octanol–water partition coefficient (Wildman–Crippen LogP) is 0.824. The summed E-state index contributed by atoms with van der Waals surface area (Å²) in [5.74, 6) is -0.0125. The molecule has 0 radical (unpaired) electrons. The van der Waals surface area contributed by atoms with Gasteiger partial charge in [-0.05, 0) is 31.7 Å². The molecule has 88 valence electrons. The molecule has 0 atom stereocenters. The number of rotatable bonds is 5. The number of hydrogen-bond donors (Lipinski definition) is 2. The minimum atomic E-state index is -0.0125. The fourth-order valence-electron chi connectivity index (χ4n) is 1.47. The Hall–Kier alpha value is -1.39. The number of carbonyl (C=O) groups excluding carboxylic acids is 1. The number of anilines is 1. The van der Waals surface area contributed by atoms with Crippen molar-refractivity contribution in [2.75, 3.05) is 32.0 Å². The standard InChI is InChI=1S/C12H19N3O/c1-10-4-3-5-11(8-10)14-12(16)9-15(2)7-6-13/h3-5,8H,6-7,9,13H2,1-2H3,(H,14,16). The van der Waals surface area contributed by atoms with Crippen LogP contribution in [0.1, 0.15) is 5.56 Å². The van der Waals surface area contributed by atoms with Crippen LogP contribution in [-0.4, -0.2) is 37.5 Å². The first-order chi connectivity index (χ1) is 7.61. The second-order valence-corrected chi connectivity index (χ2v) is 3.94. The van der Waals surface area contributed by atoms with Gasteiger partial charge in [-0.1, -0.05) is 12.1 Å². The number of nitrogens with two attached hydrogens (primary N) is 1. The van der Waals surface area contributed by atoms with Crippen molar-refractivity contribution in [3.8, 4) is 0 Å². The van der Waals surface area contributed by atoms with Gasteiger partial charge in [-0.2, -0.15) is 0 Å². The van der Waals surface area contributed by atoms with E-state index in [-0.39, 0.29) is 5.91 Å². The summed E-state index contributed by atoms with van der Waals surface area (Å²) >= 11 is 0. The van der Waals surface area contributed by atoms with E-state index in [1.807, 2.05) is 43.1 Å². The number of likely N-dealkylation sites (N-methyl/N-ethyl adjacent to an activating group) is 1. The molecule has 0 aromatic heterocycles. The molecule has 0 aliphatic heterocycles. The lowest BCUT2D eigenvalue weighted by Gasteiger charge is -2.14. The highest BCUT2D eigenvalue weighted by Gasteiger charge is 2.05. The Bertz CT molecular complexity index is 352. The molecular weight excluding hydrogens is 202 g/mol. The van der Waals surface area contributed by atoms with E-state index in [4.69, 9.17) is 5.73 Å². The molecule has 0 saturated heterocycles. The van der Waals surface area contributed by atoms with Crippen LogP contribution in [0.5, 0.6) is 0 Å². The Morgan fingerprint density at radius 1 is 1.50 bits per heavy atom. The van der Waals surface area contributed by atoms with E-state index in [9.17, 15) is 4.79 Å². The van der Waals surface area contributed by atoms with Crippen molar-refractivity contribution >= 4 is 11.6 Å². The molecule has 0 aliphatic carbocycles. The monoisotopic (exact) mass is 221 g/mol. The Labute approximate surface area is 96.4 Å². The lowest BCUT2D eigenvalue weighted by molar-refractivity contribution is -0.117. The average molecular weight is 221 g/mol. The summed E-state index contributed by atoms with van der Waals surface area (Å²) in [5.41, 5.74) is 7.38. The first-order valence-corrected chi connectivity index (χ1v) is 5.37. The maximum Gasteiger partial charge on any atom is 0.238 e. The summed E-state index contributed by atoms with van der Waals surface area (Å²) < 4.78 is 0. The van der Waals surface area contributed by atoms with Gasteiger partial charge in [0.15, 0.2) is 0 Å². The molecule has 0 spiro atoms. The largest absolute Gasteiger partial charge is 0.329 e. The van der Waals surface area contributed by atoms with Gasteiger partial charge < -0.3 is 11.1 Å². The number of nitrogens with zero attached hydrogens (tertiary/aromatic N) is 1. The Balaban J connectivity index is 2.45. The highest BCUT2D eigenvalue weighted by atomic mass is 16.2. The molecular formula is C12H19N3O. The normalized spacial score (nSPS) is 10.5. The minimum Gasteiger partial charge on any atom is -0.329 e. The van der Waals surface area contributed by atoms with Crippen LogP contribution in [-0.2, 0) is 4.79 Å². The third kappa shape index (κ3) is 4.42. The molecule has 0 unspecified atom stereocenters. The number of aryl methyl sites for hydroxylation is 1. The second-order valence-electron chi connectivity index (χ2n) is 3.94. The SMILES string of the molecule is Cc1cccc(NC(=O)CN(C)CCN)c1. The van der Waals surface area contributed by atoms with Crippen molar-refractivity contribution in [3.63, 3.8) is 0 Å². The first-order valence-electron chi connectivity index (χ1n) is 5.37. The van der Waals surface area contributed by atoms with Crippen LogP contribution in [0.4, 0.5) is 5.69 Å². The minimum absolute atomic E-state index is 0.0125. The maximum atomic E-state index is 11.6. The number of benzene rings is 1. The van der Waals surface area contributed by atoms with Gasteiger partial charge in [0, 0.05) is 18.8 Å². The van der Waals surface area contributed by atoms with Gasteiger partial charge in [-0.3, -0.25) is 9.69 Å². The van der Waals surface area contributed by atoms with E-state index in [1.54, 1.807) is 0 Å². The zero-order chi connectivity index (χ0) is 12.0. The molecule has 4 nitrogen and oxygen atoms in total. The second kappa shape index (κ2) is 6.25. The quantitative estimate of drug-likeness (QED) is 0.774. The zero-order valence-electron chi connectivity index (χ0n) is 9.86. The topological polar surface area (TPSA) is 58.4 Å². The maximum absolute atomic E-state index is 11.6. The van der Waals surface area contributed by atoms with Gasteiger partial charge in [0.2, 0.25) is 5.91 Å². The fourth-order valence-corrected chi connectivity index (χ4v) is 1.47. The lowest BCUT2D eigenvalue weighted by atomic mass is 10.2. The van der Waals surface area contributed by atoms with E-state index < -0.39 is 0 Å². The van der Waals surface area contributed by atoms with Crippen molar-refractivity contribution in [1.29, 1.82) is 0 Å². The van der Waals surface area contributed by atoms with Crippen molar-refractivity contribution in [1.82, 2.24) is 4.90 Å². The summed E-state index contributed by atoms with van der Waals surface area (Å²) in [7, 11) is 1.88. The fraction of sp³-hybridized carbons (Fsp3) is 0.417. The number of hydrogen-bond acceptors (Lipinski definition) is 3. The average Bonchev–Trinajstić information content (AvgIpc) is 2.17. The van der Waals surface area contributed by atoms with Gasteiger partial charge in [-0.15, -0.1) is 0 Å². The smallest absolute Gasteiger partial charge is 0.238 e. The third-order valence-electron chi connectivity index (χ3n) is 2.23. The van der Waals surface area contributed by atoms with Crippen LogP contribution in [0.25, 0.3) is 0 Å². The van der Waals surface area contributed by atoms with Gasteiger partial charge in [0.25, 0.3) is 0 Å². The van der Waals surface area contributed by atoms with Crippen molar-refractivity contribution in [2.45, 2.75) is 6.92 Å². The Kier molecular flexibility index (Phi) is 4.95. The number of carbonyl (C=O) groups is 1. The third-order valence-corrected chi connectivity index (χ3v) is 2.23. The van der Waals surface area contributed by atoms with Crippen molar-refractivity contribution in [3.05, 3.63) is 29.8 Å². The Morgan fingerprint density at radius 3 is 2.88 bits per heavy atom. The van der Waals surface area contributed by atoms with E-state index >= 15 is 0 Å². The number of amides is 1. The van der Waals surface area contributed by atoms with Gasteiger partial charge in [0.05, 0.1) is 6.54 Å². The molecule has 4 heteroatoms. The molecule has 0 bridgehead atoms. The summed E-state index contributed by atoms with van der Waals surface area (Å²) in [6.45, 7) is 3.65. The summed E-state index contributed by atoms with van der Waals surface area (Å²) in [4.78, 5) is 13.5. The Morgan fingerprint density at radius 2 is 2.25 bits per heavy atom. The predicted molar refractivity (Wildman–Crippen MR) is 66.4 cm³/mol. The van der Waals surface area contributed by atoms with Crippen LogP contribution >= 0.6 is 0 Å². The van der Waals surface area contributed by atoms with Gasteiger partial charge in [0.1, 0.15) is 0 Å². The van der Waals surface area contributed by atoms with Crippen molar-refractivity contribution in [2.24, 2.45) is 5.73 Å². The molecule has 3 N–H and O–H groups in total. The van der Waals surface area contributed by atoms with E-state index in [2.05, 4.69) is 5.32 Å². The van der Waals surface area contributed by atoms with E-state index in [1.165, 1.54) is 0 Å². The van der Waals surface area contributed by atoms with E-state index in [0.717, 1.165) is 17.8 Å². The van der Waals surface area contributed by atoms with Crippen LogP contribution in [0.2, 0.25) is 0 Å². The molecule has 1 rings (SSSR count). The first kappa shape index (κ1) is 12.7. The molecule has 0 fully saturated rings. The highest BCUT2D eigenvalue weighted by molar-refractivity contribution is 5.92. The summed E-state index contributed by atoms with van der Waals surface area (Å²) in [5, 5.41) is 2.85. The molecule has 16 heavy (non-hydrogen) atoms. The van der Waals surface area contributed by atoms with Gasteiger partial charge in [-0.25, -0.2) is 0 Å². The van der Waals surface area contributed by atoms with E-state index in [0.29, 0.717) is 13.1 Å². The molecule has 1 aromatic rings. The van der Waals surface area contributed by atoms with Crippen molar-refractivity contribution < 1.29 is 4.79 Å². The zero-order valence-corrected chi connectivity index (χ0v) is 9.86. The molecule has 1 amide bonds. The molecule has 0 heterocycles. The van der Waals surface area contributed by atoms with Crippen LogP contribution in [0.3, 0.4) is 0 Å². The van der Waals surface area contributed by atoms with Gasteiger partial charge >= 0.3 is 0 Å². The van der Waals surface area contributed by atoms with Crippen LogP contribution < -0.4 is 11.1 Å².